The molecule has 0 bridgehead atoms. The quantitative estimate of drug-likeness (QED) is 0.606. The molecule has 1 atom stereocenters. The van der Waals surface area contributed by atoms with Crippen LogP contribution < -0.4 is 10.1 Å². The van der Waals surface area contributed by atoms with E-state index in [1.807, 2.05) is 13.0 Å². The van der Waals surface area contributed by atoms with Crippen LogP contribution in [0.5, 0.6) is 5.75 Å². The number of morpholine rings is 1. The Morgan fingerprint density at radius 1 is 1.33 bits per heavy atom. The molecule has 27 heavy (non-hydrogen) atoms. The largest absolute Gasteiger partial charge is 0.491 e. The molecule has 0 aliphatic carbocycles. The fourth-order valence-corrected chi connectivity index (χ4v) is 3.76. The monoisotopic (exact) mass is 378 g/mol. The molecular formula is C20H31FN4O2. The Balaban J connectivity index is 1.48. The Labute approximate surface area is 161 Å². The van der Waals surface area contributed by atoms with Gasteiger partial charge >= 0.3 is 0 Å². The van der Waals surface area contributed by atoms with Gasteiger partial charge in [0, 0.05) is 46.3 Å². The highest BCUT2D eigenvalue weighted by Gasteiger charge is 2.27. The molecule has 150 valence electrons. The summed E-state index contributed by atoms with van der Waals surface area (Å²) in [7, 11) is 1.80. The maximum Gasteiger partial charge on any atom is 0.193 e. The van der Waals surface area contributed by atoms with Gasteiger partial charge in [0.05, 0.1) is 19.8 Å². The van der Waals surface area contributed by atoms with Gasteiger partial charge < -0.3 is 19.7 Å². The topological polar surface area (TPSA) is 49.3 Å². The summed E-state index contributed by atoms with van der Waals surface area (Å²) in [5.41, 5.74) is 0.876. The minimum atomic E-state index is -0.321. The third-order valence-electron chi connectivity index (χ3n) is 5.16. The van der Waals surface area contributed by atoms with Crippen LogP contribution in [-0.2, 0) is 11.3 Å². The molecule has 1 aromatic rings. The van der Waals surface area contributed by atoms with Crippen molar-refractivity contribution in [1.29, 1.82) is 0 Å². The molecule has 0 aromatic heterocycles. The van der Waals surface area contributed by atoms with Crippen LogP contribution >= 0.6 is 0 Å². The van der Waals surface area contributed by atoms with Gasteiger partial charge in [0.1, 0.15) is 0 Å². The molecule has 7 heteroatoms. The van der Waals surface area contributed by atoms with Crippen molar-refractivity contribution < 1.29 is 13.9 Å². The highest BCUT2D eigenvalue weighted by Crippen LogP contribution is 2.20. The smallest absolute Gasteiger partial charge is 0.193 e. The number of guanidine groups is 1. The fourth-order valence-electron chi connectivity index (χ4n) is 3.76. The van der Waals surface area contributed by atoms with Gasteiger partial charge in [-0.25, -0.2) is 4.39 Å². The molecule has 0 spiro atoms. The SMILES string of the molecule is CCOc1ccc(CNC(=NC)N2CCC(CN3CCOCC3)C2)cc1F. The van der Waals surface area contributed by atoms with Crippen LogP contribution in [0.3, 0.4) is 0 Å². The van der Waals surface area contributed by atoms with Crippen molar-refractivity contribution in [3.05, 3.63) is 29.6 Å². The molecule has 2 heterocycles. The molecule has 2 aliphatic rings. The van der Waals surface area contributed by atoms with Gasteiger partial charge in [-0.3, -0.25) is 9.89 Å². The molecular weight excluding hydrogens is 347 g/mol. The maximum absolute atomic E-state index is 14.0. The van der Waals surface area contributed by atoms with E-state index in [1.54, 1.807) is 13.1 Å². The van der Waals surface area contributed by atoms with Crippen molar-refractivity contribution in [2.45, 2.75) is 19.9 Å². The van der Waals surface area contributed by atoms with E-state index < -0.39 is 0 Å². The normalized spacial score (nSPS) is 21.5. The second kappa shape index (κ2) is 9.90. The Morgan fingerprint density at radius 3 is 2.85 bits per heavy atom. The summed E-state index contributed by atoms with van der Waals surface area (Å²) in [4.78, 5) is 9.21. The third kappa shape index (κ3) is 5.56. The van der Waals surface area contributed by atoms with Crippen LogP contribution in [0.15, 0.2) is 23.2 Å². The minimum absolute atomic E-state index is 0.302. The summed E-state index contributed by atoms with van der Waals surface area (Å²) in [6.45, 7) is 9.75. The number of rotatable bonds is 6. The van der Waals surface area contributed by atoms with E-state index in [4.69, 9.17) is 9.47 Å². The molecule has 1 unspecified atom stereocenters. The lowest BCUT2D eigenvalue weighted by atomic mass is 10.1. The minimum Gasteiger partial charge on any atom is -0.491 e. The summed E-state index contributed by atoms with van der Waals surface area (Å²) >= 11 is 0. The Hall–Kier alpha value is -1.86. The lowest BCUT2D eigenvalue weighted by Gasteiger charge is -2.29. The second-order valence-electron chi connectivity index (χ2n) is 7.11. The van der Waals surface area contributed by atoms with Gasteiger partial charge in [-0.2, -0.15) is 0 Å². The molecule has 6 nitrogen and oxygen atoms in total. The average molecular weight is 378 g/mol. The Bertz CT molecular complexity index is 634. The summed E-state index contributed by atoms with van der Waals surface area (Å²) < 4.78 is 24.7. The average Bonchev–Trinajstić information content (AvgIpc) is 3.13. The molecule has 3 rings (SSSR count). The van der Waals surface area contributed by atoms with Crippen molar-refractivity contribution in [2.75, 3.05) is 59.6 Å². The number of hydrogen-bond donors (Lipinski definition) is 1. The lowest BCUT2D eigenvalue weighted by molar-refractivity contribution is 0.0315. The fraction of sp³-hybridized carbons (Fsp3) is 0.650. The van der Waals surface area contributed by atoms with Crippen molar-refractivity contribution >= 4 is 5.96 Å². The summed E-state index contributed by atoms with van der Waals surface area (Å²) in [6, 6.07) is 5.10. The van der Waals surface area contributed by atoms with Crippen LogP contribution in [0, 0.1) is 11.7 Å². The van der Waals surface area contributed by atoms with Crippen LogP contribution in [0.25, 0.3) is 0 Å². The van der Waals surface area contributed by atoms with Crippen LogP contribution in [-0.4, -0.2) is 75.4 Å². The molecule has 2 saturated heterocycles. The second-order valence-corrected chi connectivity index (χ2v) is 7.11. The molecule has 1 N–H and O–H groups in total. The number of likely N-dealkylation sites (tertiary alicyclic amines) is 1. The molecule has 1 aromatic carbocycles. The number of hydrogen-bond acceptors (Lipinski definition) is 4. The first kappa shape index (κ1) is 19.9. The van der Waals surface area contributed by atoms with E-state index in [-0.39, 0.29) is 5.82 Å². The predicted octanol–water partition coefficient (Wildman–Crippen LogP) is 1.95. The first-order valence-electron chi connectivity index (χ1n) is 9.86. The zero-order valence-electron chi connectivity index (χ0n) is 16.4. The van der Waals surface area contributed by atoms with Crippen molar-refractivity contribution in [1.82, 2.24) is 15.1 Å². The van der Waals surface area contributed by atoms with Crippen LogP contribution in [0.2, 0.25) is 0 Å². The van der Waals surface area contributed by atoms with Gasteiger partial charge in [-0.05, 0) is 37.0 Å². The lowest BCUT2D eigenvalue weighted by Crippen LogP contribution is -2.42. The zero-order chi connectivity index (χ0) is 19.1. The number of benzene rings is 1. The predicted molar refractivity (Wildman–Crippen MR) is 105 cm³/mol. The number of halogens is 1. The van der Waals surface area contributed by atoms with Crippen LogP contribution in [0.1, 0.15) is 18.9 Å². The molecule has 0 radical (unpaired) electrons. The first-order valence-corrected chi connectivity index (χ1v) is 9.86. The summed E-state index contributed by atoms with van der Waals surface area (Å²) in [5.74, 6) is 1.52. The van der Waals surface area contributed by atoms with E-state index in [2.05, 4.69) is 20.1 Å². The number of nitrogens with zero attached hydrogens (tertiary/aromatic N) is 3. The summed E-state index contributed by atoms with van der Waals surface area (Å²) in [6.07, 6.45) is 1.18. The molecule has 2 aliphatic heterocycles. The third-order valence-corrected chi connectivity index (χ3v) is 5.16. The zero-order valence-corrected chi connectivity index (χ0v) is 16.4. The number of nitrogens with one attached hydrogen (secondary N) is 1. The standard InChI is InChI=1S/C20H31FN4O2/c1-3-27-19-5-4-16(12-18(19)21)13-23-20(22-2)25-7-6-17(15-25)14-24-8-10-26-11-9-24/h4-5,12,17H,3,6-11,13-15H2,1-2H3,(H,22,23). The van der Waals surface area contributed by atoms with Crippen molar-refractivity contribution in [3.63, 3.8) is 0 Å². The Kier molecular flexibility index (Phi) is 7.29. The molecule has 2 fully saturated rings. The number of ether oxygens (including phenoxy) is 2. The maximum atomic E-state index is 14.0. The van der Waals surface area contributed by atoms with Crippen molar-refractivity contribution in [3.8, 4) is 5.75 Å². The molecule has 0 saturated carbocycles. The number of aliphatic imine (C=N–C) groups is 1. The Morgan fingerprint density at radius 2 is 2.15 bits per heavy atom. The summed E-state index contributed by atoms with van der Waals surface area (Å²) in [5, 5.41) is 3.37. The molecule has 0 amide bonds. The van der Waals surface area contributed by atoms with E-state index >= 15 is 0 Å². The van der Waals surface area contributed by atoms with Crippen molar-refractivity contribution in [2.24, 2.45) is 10.9 Å². The van der Waals surface area contributed by atoms with E-state index in [0.717, 1.165) is 57.5 Å². The van der Waals surface area contributed by atoms with E-state index in [9.17, 15) is 4.39 Å². The highest BCUT2D eigenvalue weighted by molar-refractivity contribution is 5.80. The van der Waals surface area contributed by atoms with E-state index in [0.29, 0.717) is 24.8 Å². The van der Waals surface area contributed by atoms with Crippen LogP contribution in [0.4, 0.5) is 4.39 Å². The van der Waals surface area contributed by atoms with Gasteiger partial charge in [0.15, 0.2) is 17.5 Å². The first-order chi connectivity index (χ1) is 13.2. The van der Waals surface area contributed by atoms with Gasteiger partial charge in [-0.15, -0.1) is 0 Å². The van der Waals surface area contributed by atoms with E-state index in [1.165, 1.54) is 12.5 Å². The van der Waals surface area contributed by atoms with Gasteiger partial charge in [0.2, 0.25) is 0 Å². The van der Waals surface area contributed by atoms with Gasteiger partial charge in [-0.1, -0.05) is 6.07 Å². The highest BCUT2D eigenvalue weighted by atomic mass is 19.1. The van der Waals surface area contributed by atoms with Gasteiger partial charge in [0.25, 0.3) is 0 Å².